The van der Waals surface area contributed by atoms with Crippen molar-refractivity contribution in [2.75, 3.05) is 0 Å². The van der Waals surface area contributed by atoms with Crippen LogP contribution in [0, 0.1) is 0 Å². The van der Waals surface area contributed by atoms with Crippen molar-refractivity contribution in [3.63, 3.8) is 0 Å². The molecule has 7 nitrogen and oxygen atoms in total. The molecular weight excluding hydrogens is 216 g/mol. The Labute approximate surface area is 88.7 Å². The van der Waals surface area contributed by atoms with Crippen molar-refractivity contribution in [2.24, 2.45) is 11.5 Å². The molecule has 78 valence electrons. The van der Waals surface area contributed by atoms with Crippen LogP contribution in [0.25, 0.3) is 0 Å². The predicted molar refractivity (Wildman–Crippen MR) is 52.6 cm³/mol. The van der Waals surface area contributed by atoms with Crippen LogP contribution in [-0.2, 0) is 10.5 Å². The van der Waals surface area contributed by atoms with Gasteiger partial charge in [-0.2, -0.15) is 4.68 Å². The largest absolute Gasteiger partial charge is 0.366 e. The average Bonchev–Trinajstić information content (AvgIpc) is 2.89. The number of rotatable bonds is 3. The molecule has 2 aromatic heterocycles. The zero-order valence-corrected chi connectivity index (χ0v) is 8.39. The van der Waals surface area contributed by atoms with Gasteiger partial charge in [-0.3, -0.25) is 10.5 Å². The first-order valence-corrected chi connectivity index (χ1v) is 4.90. The molecule has 2 heterocycles. The van der Waals surface area contributed by atoms with E-state index in [-0.39, 0.29) is 0 Å². The maximum absolute atomic E-state index is 11.4. The lowest BCUT2D eigenvalue weighted by Gasteiger charge is -2.23. The van der Waals surface area contributed by atoms with Gasteiger partial charge >= 0.3 is 0 Å². The van der Waals surface area contributed by atoms with Gasteiger partial charge in [0.15, 0.2) is 0 Å². The summed E-state index contributed by atoms with van der Waals surface area (Å²) in [5.74, 6) is -0.711. The van der Waals surface area contributed by atoms with Gasteiger partial charge in [-0.1, -0.05) is 6.07 Å². The van der Waals surface area contributed by atoms with E-state index in [1.165, 1.54) is 17.7 Å². The number of carbonyl (C=O) groups excluding carboxylic acids is 1. The van der Waals surface area contributed by atoms with Crippen LogP contribution in [-0.4, -0.2) is 26.1 Å². The first-order chi connectivity index (χ1) is 7.15. The van der Waals surface area contributed by atoms with Crippen LogP contribution in [0.3, 0.4) is 0 Å². The summed E-state index contributed by atoms with van der Waals surface area (Å²) in [6.45, 7) is 0. The van der Waals surface area contributed by atoms with Crippen molar-refractivity contribution in [1.82, 2.24) is 20.2 Å². The van der Waals surface area contributed by atoms with Gasteiger partial charge in [-0.05, 0) is 21.9 Å². The van der Waals surface area contributed by atoms with Crippen LogP contribution in [0.1, 0.15) is 4.88 Å². The molecule has 0 radical (unpaired) electrons. The number of nitrogens with zero attached hydrogens (tertiary/aromatic N) is 4. The molecule has 1 atom stereocenters. The second-order valence-corrected chi connectivity index (χ2v) is 3.81. The topological polar surface area (TPSA) is 113 Å². The fourth-order valence-electron chi connectivity index (χ4n) is 1.17. The van der Waals surface area contributed by atoms with Crippen LogP contribution in [0.2, 0.25) is 0 Å². The number of tetrazole rings is 1. The number of hydrogen-bond donors (Lipinski definition) is 2. The molecule has 1 unspecified atom stereocenters. The van der Waals surface area contributed by atoms with E-state index in [0.29, 0.717) is 4.88 Å². The lowest BCUT2D eigenvalue weighted by Crippen LogP contribution is -2.54. The van der Waals surface area contributed by atoms with Gasteiger partial charge in [0.25, 0.3) is 5.91 Å². The van der Waals surface area contributed by atoms with Gasteiger partial charge in [0.1, 0.15) is 6.33 Å². The van der Waals surface area contributed by atoms with E-state index < -0.39 is 11.6 Å². The fraction of sp³-hybridized carbons (Fsp3) is 0.143. The van der Waals surface area contributed by atoms with E-state index in [2.05, 4.69) is 15.5 Å². The Balaban J connectivity index is 2.56. The third-order valence-electron chi connectivity index (χ3n) is 1.98. The summed E-state index contributed by atoms with van der Waals surface area (Å²) < 4.78 is 1.14. The number of carbonyl (C=O) groups is 1. The number of nitrogens with two attached hydrogens (primary N) is 2. The third-order valence-corrected chi connectivity index (χ3v) is 2.98. The number of hydrogen-bond acceptors (Lipinski definition) is 6. The zero-order chi connectivity index (χ0) is 10.9. The molecule has 0 fully saturated rings. The molecule has 2 aromatic rings. The Bertz CT molecular complexity index is 416. The highest BCUT2D eigenvalue weighted by Gasteiger charge is 2.38. The van der Waals surface area contributed by atoms with Gasteiger partial charge in [-0.25, -0.2) is 0 Å². The Kier molecular flexibility index (Phi) is 2.21. The number of amides is 1. The van der Waals surface area contributed by atoms with E-state index in [1.54, 1.807) is 17.5 Å². The van der Waals surface area contributed by atoms with Gasteiger partial charge in [-0.15, -0.1) is 16.4 Å². The summed E-state index contributed by atoms with van der Waals surface area (Å²) in [6, 6.07) is 3.48. The molecule has 4 N–H and O–H groups in total. The van der Waals surface area contributed by atoms with Crippen LogP contribution >= 0.6 is 11.3 Å². The number of aromatic nitrogens is 4. The monoisotopic (exact) mass is 224 g/mol. The molecule has 0 saturated carbocycles. The first kappa shape index (κ1) is 9.74. The van der Waals surface area contributed by atoms with E-state index >= 15 is 0 Å². The molecule has 0 aliphatic heterocycles. The van der Waals surface area contributed by atoms with Crippen LogP contribution in [0.4, 0.5) is 0 Å². The summed E-state index contributed by atoms with van der Waals surface area (Å²) in [4.78, 5) is 12.0. The third kappa shape index (κ3) is 1.39. The maximum atomic E-state index is 11.4. The minimum Gasteiger partial charge on any atom is -0.366 e. The maximum Gasteiger partial charge on any atom is 0.265 e. The Morgan fingerprint density at radius 1 is 1.60 bits per heavy atom. The highest BCUT2D eigenvalue weighted by molar-refractivity contribution is 7.10. The lowest BCUT2D eigenvalue weighted by molar-refractivity contribution is -0.124. The summed E-state index contributed by atoms with van der Waals surface area (Å²) in [6.07, 6.45) is 1.25. The average molecular weight is 224 g/mol. The summed E-state index contributed by atoms with van der Waals surface area (Å²) >= 11 is 1.31. The highest BCUT2D eigenvalue weighted by Crippen LogP contribution is 2.23. The minimum atomic E-state index is -1.52. The summed E-state index contributed by atoms with van der Waals surface area (Å²) in [5.41, 5.74) is 9.69. The Hall–Kier alpha value is -1.80. The number of thiophene rings is 1. The normalized spacial score (nSPS) is 14.7. The molecule has 1 amide bonds. The second-order valence-electron chi connectivity index (χ2n) is 2.86. The zero-order valence-electron chi connectivity index (χ0n) is 7.57. The van der Waals surface area contributed by atoms with E-state index in [1.807, 2.05) is 0 Å². The second kappa shape index (κ2) is 3.41. The summed E-state index contributed by atoms with van der Waals surface area (Å²) in [5, 5.41) is 12.3. The Morgan fingerprint density at radius 2 is 2.40 bits per heavy atom. The highest BCUT2D eigenvalue weighted by atomic mass is 32.1. The standard InChI is InChI=1S/C7H8N6OS/c8-6(14)7(9,5-2-1-3-15-5)13-4-10-11-12-13/h1-4H,9H2,(H2,8,14). The lowest BCUT2D eigenvalue weighted by atomic mass is 10.1. The van der Waals surface area contributed by atoms with Crippen molar-refractivity contribution in [1.29, 1.82) is 0 Å². The van der Waals surface area contributed by atoms with Crippen molar-refractivity contribution in [3.8, 4) is 0 Å². The SMILES string of the molecule is NC(=O)C(N)(c1cccs1)n1cnnn1. The molecule has 0 aromatic carbocycles. The smallest absolute Gasteiger partial charge is 0.265 e. The van der Waals surface area contributed by atoms with Crippen LogP contribution < -0.4 is 11.5 Å². The van der Waals surface area contributed by atoms with Gasteiger partial charge in [0.2, 0.25) is 5.66 Å². The number of primary amides is 1. The minimum absolute atomic E-state index is 0.585. The van der Waals surface area contributed by atoms with Crippen molar-refractivity contribution >= 4 is 17.2 Å². The van der Waals surface area contributed by atoms with Crippen LogP contribution in [0.15, 0.2) is 23.8 Å². The van der Waals surface area contributed by atoms with Gasteiger partial charge in [0.05, 0.1) is 4.88 Å². The van der Waals surface area contributed by atoms with Crippen LogP contribution in [0.5, 0.6) is 0 Å². The molecule has 0 spiro atoms. The van der Waals surface area contributed by atoms with Crippen molar-refractivity contribution < 1.29 is 4.79 Å². The van der Waals surface area contributed by atoms with Crippen molar-refractivity contribution in [2.45, 2.75) is 5.66 Å². The molecule has 15 heavy (non-hydrogen) atoms. The van der Waals surface area contributed by atoms with E-state index in [4.69, 9.17) is 11.5 Å². The fourth-order valence-corrected chi connectivity index (χ4v) is 2.00. The molecule has 0 aliphatic rings. The van der Waals surface area contributed by atoms with E-state index in [0.717, 1.165) is 4.68 Å². The van der Waals surface area contributed by atoms with E-state index in [9.17, 15) is 4.79 Å². The first-order valence-electron chi connectivity index (χ1n) is 4.02. The Morgan fingerprint density at radius 3 is 2.87 bits per heavy atom. The molecular formula is C7H8N6OS. The summed E-state index contributed by atoms with van der Waals surface area (Å²) in [7, 11) is 0. The molecule has 0 bridgehead atoms. The molecule has 0 aliphatic carbocycles. The van der Waals surface area contributed by atoms with Gasteiger partial charge < -0.3 is 5.73 Å². The molecule has 0 saturated heterocycles. The quantitative estimate of drug-likeness (QED) is 0.685. The van der Waals surface area contributed by atoms with Crippen molar-refractivity contribution in [3.05, 3.63) is 28.7 Å². The molecule has 2 rings (SSSR count). The predicted octanol–water partition coefficient (Wildman–Crippen LogP) is -1.12. The van der Waals surface area contributed by atoms with Gasteiger partial charge in [0, 0.05) is 0 Å². The molecule has 8 heteroatoms.